The molecule has 0 saturated carbocycles. The van der Waals surface area contributed by atoms with Gasteiger partial charge in [-0.15, -0.1) is 0 Å². The van der Waals surface area contributed by atoms with Crippen molar-refractivity contribution in [3.8, 4) is 0 Å². The molecule has 1 saturated heterocycles. The number of likely N-dealkylation sites (tertiary alicyclic amines) is 1. The molecule has 114 valence electrons. The van der Waals surface area contributed by atoms with Crippen molar-refractivity contribution in [1.29, 1.82) is 0 Å². The first-order valence-electron chi connectivity index (χ1n) is 7.61. The third-order valence-electron chi connectivity index (χ3n) is 4.02. The number of hydrogen-bond acceptors (Lipinski definition) is 3. The average molecular weight is 289 g/mol. The van der Waals surface area contributed by atoms with Gasteiger partial charge < -0.3 is 14.4 Å². The molecule has 0 aromatic heterocycles. The molecule has 4 heteroatoms. The summed E-state index contributed by atoms with van der Waals surface area (Å²) < 4.78 is 11.4. The Morgan fingerprint density at radius 1 is 1.29 bits per heavy atom. The number of hydrogen-bond donors (Lipinski definition) is 0. The molecule has 2 heterocycles. The molecule has 0 aliphatic carbocycles. The number of carbonyl (C=O) groups excluding carboxylic acids is 1. The summed E-state index contributed by atoms with van der Waals surface area (Å²) in [7, 11) is 0. The van der Waals surface area contributed by atoms with Crippen molar-refractivity contribution in [3.05, 3.63) is 35.4 Å². The molecule has 1 fully saturated rings. The van der Waals surface area contributed by atoms with Crippen LogP contribution in [-0.2, 0) is 15.9 Å². The standard InChI is InChI=1S/C17H23NO3/c1-17(2,3)21-16(19)18-10-13(11-18)15-14-7-5-4-6-12(14)8-9-20-15/h4-7,13,15H,8-11H2,1-3H3/t15-/m0/s1. The third-order valence-corrected chi connectivity index (χ3v) is 4.02. The number of rotatable bonds is 1. The average Bonchev–Trinajstić information content (AvgIpc) is 2.35. The zero-order chi connectivity index (χ0) is 15.0. The van der Waals surface area contributed by atoms with Gasteiger partial charge >= 0.3 is 6.09 Å². The van der Waals surface area contributed by atoms with Gasteiger partial charge in [-0.05, 0) is 38.3 Å². The van der Waals surface area contributed by atoms with Crippen molar-refractivity contribution in [1.82, 2.24) is 4.90 Å². The van der Waals surface area contributed by atoms with Gasteiger partial charge in [0.2, 0.25) is 0 Å². The van der Waals surface area contributed by atoms with E-state index in [9.17, 15) is 4.79 Å². The number of nitrogens with zero attached hydrogens (tertiary/aromatic N) is 1. The largest absolute Gasteiger partial charge is 0.444 e. The topological polar surface area (TPSA) is 38.8 Å². The second-order valence-electron chi connectivity index (χ2n) is 6.89. The van der Waals surface area contributed by atoms with Crippen LogP contribution >= 0.6 is 0 Å². The maximum absolute atomic E-state index is 12.0. The molecule has 0 spiro atoms. The molecule has 0 unspecified atom stereocenters. The number of fused-ring (bicyclic) bond motifs is 1. The summed E-state index contributed by atoms with van der Waals surface area (Å²) >= 11 is 0. The number of benzene rings is 1. The fourth-order valence-electron chi connectivity index (χ4n) is 2.99. The van der Waals surface area contributed by atoms with Crippen molar-refractivity contribution in [2.45, 2.75) is 38.9 Å². The summed E-state index contributed by atoms with van der Waals surface area (Å²) in [6.45, 7) is 7.88. The van der Waals surface area contributed by atoms with E-state index in [0.29, 0.717) is 19.0 Å². The van der Waals surface area contributed by atoms with Crippen LogP contribution in [0, 0.1) is 5.92 Å². The quantitative estimate of drug-likeness (QED) is 0.797. The first-order chi connectivity index (χ1) is 9.94. The van der Waals surface area contributed by atoms with E-state index in [1.807, 2.05) is 20.8 Å². The summed E-state index contributed by atoms with van der Waals surface area (Å²) in [4.78, 5) is 13.7. The molecule has 0 N–H and O–H groups in total. The Kier molecular flexibility index (Phi) is 3.66. The fraction of sp³-hybridized carbons (Fsp3) is 0.588. The molecule has 1 amide bonds. The Balaban J connectivity index is 1.61. The van der Waals surface area contributed by atoms with Crippen molar-refractivity contribution < 1.29 is 14.3 Å². The summed E-state index contributed by atoms with van der Waals surface area (Å²) in [6, 6.07) is 8.46. The van der Waals surface area contributed by atoms with E-state index < -0.39 is 5.60 Å². The second kappa shape index (κ2) is 5.34. The maximum Gasteiger partial charge on any atom is 0.410 e. The van der Waals surface area contributed by atoms with E-state index in [2.05, 4.69) is 24.3 Å². The van der Waals surface area contributed by atoms with Crippen LogP contribution in [0.3, 0.4) is 0 Å². The Labute approximate surface area is 126 Å². The molecule has 2 aliphatic rings. The molecular formula is C17H23NO3. The van der Waals surface area contributed by atoms with Crippen molar-refractivity contribution in [2.75, 3.05) is 19.7 Å². The SMILES string of the molecule is CC(C)(C)OC(=O)N1CC([C@@H]2OCCc3ccccc32)C1. The van der Waals surface area contributed by atoms with Gasteiger partial charge in [-0.3, -0.25) is 0 Å². The Hall–Kier alpha value is -1.55. The Morgan fingerprint density at radius 3 is 2.71 bits per heavy atom. The van der Waals surface area contributed by atoms with Crippen LogP contribution in [0.25, 0.3) is 0 Å². The zero-order valence-electron chi connectivity index (χ0n) is 13.0. The maximum atomic E-state index is 12.0. The van der Waals surface area contributed by atoms with Crippen LogP contribution < -0.4 is 0 Å². The third kappa shape index (κ3) is 3.05. The van der Waals surface area contributed by atoms with Crippen molar-refractivity contribution in [3.63, 3.8) is 0 Å². The number of ether oxygens (including phenoxy) is 2. The molecule has 2 aliphatic heterocycles. The normalized spacial score (nSPS) is 22.4. The van der Waals surface area contributed by atoms with E-state index >= 15 is 0 Å². The fourth-order valence-corrected chi connectivity index (χ4v) is 2.99. The van der Waals surface area contributed by atoms with Gasteiger partial charge in [0.05, 0.1) is 12.7 Å². The highest BCUT2D eigenvalue weighted by Gasteiger charge is 2.40. The highest BCUT2D eigenvalue weighted by atomic mass is 16.6. The zero-order valence-corrected chi connectivity index (χ0v) is 13.0. The number of carbonyl (C=O) groups is 1. The molecule has 0 radical (unpaired) electrons. The lowest BCUT2D eigenvalue weighted by Gasteiger charge is -2.44. The highest BCUT2D eigenvalue weighted by molar-refractivity contribution is 5.69. The Bertz CT molecular complexity index is 529. The van der Waals surface area contributed by atoms with Gasteiger partial charge in [-0.1, -0.05) is 24.3 Å². The van der Waals surface area contributed by atoms with Crippen LogP contribution in [0.15, 0.2) is 24.3 Å². The van der Waals surface area contributed by atoms with E-state index in [4.69, 9.17) is 9.47 Å². The van der Waals surface area contributed by atoms with E-state index in [0.717, 1.165) is 13.0 Å². The molecule has 21 heavy (non-hydrogen) atoms. The summed E-state index contributed by atoms with van der Waals surface area (Å²) in [5, 5.41) is 0. The van der Waals surface area contributed by atoms with Crippen LogP contribution in [0.5, 0.6) is 0 Å². The predicted molar refractivity (Wildman–Crippen MR) is 80.1 cm³/mol. The van der Waals surface area contributed by atoms with Gasteiger partial charge in [0, 0.05) is 19.0 Å². The minimum atomic E-state index is -0.434. The minimum Gasteiger partial charge on any atom is -0.444 e. The molecule has 3 rings (SSSR count). The highest BCUT2D eigenvalue weighted by Crippen LogP contribution is 2.37. The molecule has 1 atom stereocenters. The first-order valence-corrected chi connectivity index (χ1v) is 7.61. The summed E-state index contributed by atoms with van der Waals surface area (Å²) in [6.07, 6.45) is 0.881. The van der Waals surface area contributed by atoms with E-state index in [-0.39, 0.29) is 12.2 Å². The molecule has 1 aromatic carbocycles. The van der Waals surface area contributed by atoms with Crippen molar-refractivity contribution >= 4 is 6.09 Å². The molecule has 0 bridgehead atoms. The van der Waals surface area contributed by atoms with E-state index in [1.165, 1.54) is 11.1 Å². The van der Waals surface area contributed by atoms with Crippen molar-refractivity contribution in [2.24, 2.45) is 5.92 Å². The van der Waals surface area contributed by atoms with Gasteiger partial charge in [0.1, 0.15) is 5.60 Å². The molecule has 4 nitrogen and oxygen atoms in total. The Morgan fingerprint density at radius 2 is 2.00 bits per heavy atom. The lowest BCUT2D eigenvalue weighted by atomic mass is 9.85. The minimum absolute atomic E-state index is 0.119. The van der Waals surface area contributed by atoms with Crippen LogP contribution in [0.4, 0.5) is 4.79 Å². The summed E-state index contributed by atoms with van der Waals surface area (Å²) in [5.41, 5.74) is 2.23. The van der Waals surface area contributed by atoms with E-state index in [1.54, 1.807) is 4.90 Å². The molecular weight excluding hydrogens is 266 g/mol. The number of amides is 1. The monoisotopic (exact) mass is 289 g/mol. The van der Waals surface area contributed by atoms with Gasteiger partial charge in [0.15, 0.2) is 0 Å². The lowest BCUT2D eigenvalue weighted by Crippen LogP contribution is -2.54. The first kappa shape index (κ1) is 14.4. The van der Waals surface area contributed by atoms with Crippen LogP contribution in [-0.4, -0.2) is 36.3 Å². The lowest BCUT2D eigenvalue weighted by molar-refractivity contribution is -0.0641. The smallest absolute Gasteiger partial charge is 0.410 e. The second-order valence-corrected chi connectivity index (χ2v) is 6.89. The predicted octanol–water partition coefficient (Wildman–Crippen LogP) is 3.17. The van der Waals surface area contributed by atoms with Gasteiger partial charge in [-0.25, -0.2) is 4.79 Å². The van der Waals surface area contributed by atoms with Crippen LogP contribution in [0.2, 0.25) is 0 Å². The van der Waals surface area contributed by atoms with Gasteiger partial charge in [0.25, 0.3) is 0 Å². The molecule has 1 aromatic rings. The summed E-state index contributed by atoms with van der Waals surface area (Å²) in [5.74, 6) is 0.374. The van der Waals surface area contributed by atoms with Gasteiger partial charge in [-0.2, -0.15) is 0 Å². The van der Waals surface area contributed by atoms with Crippen LogP contribution in [0.1, 0.15) is 38.0 Å².